The highest BCUT2D eigenvalue weighted by Gasteiger charge is 2.19. The second kappa shape index (κ2) is 6.43. The Kier molecular flexibility index (Phi) is 5.20. The van der Waals surface area contributed by atoms with E-state index in [4.69, 9.17) is 4.74 Å². The van der Waals surface area contributed by atoms with Crippen LogP contribution in [0.25, 0.3) is 0 Å². The second-order valence-electron chi connectivity index (χ2n) is 4.49. The fourth-order valence-corrected chi connectivity index (χ4v) is 2.37. The van der Waals surface area contributed by atoms with Gasteiger partial charge < -0.3 is 9.64 Å². The minimum Gasteiger partial charge on any atom is -0.496 e. The third-order valence-corrected chi connectivity index (χ3v) is 3.45. The van der Waals surface area contributed by atoms with Crippen molar-refractivity contribution in [2.45, 2.75) is 39.7 Å². The molecule has 0 spiro atoms. The number of Topliss-reactive ketones (excluding diaryl/α,β-unsaturated/α-hetero) is 1. The number of hydrogen-bond acceptors (Lipinski definition) is 3. The maximum Gasteiger partial charge on any atom is 0.165 e. The summed E-state index contributed by atoms with van der Waals surface area (Å²) in [5, 5.41) is 0. The van der Waals surface area contributed by atoms with Gasteiger partial charge in [-0.15, -0.1) is 0 Å². The minimum absolute atomic E-state index is 0.0419. The molecular weight excluding hydrogens is 226 g/mol. The number of anilines is 1. The molecule has 100 valence electrons. The number of benzene rings is 1. The fraction of sp³-hybridized carbons (Fsp3) is 0.533. The molecule has 18 heavy (non-hydrogen) atoms. The monoisotopic (exact) mass is 249 g/mol. The van der Waals surface area contributed by atoms with Gasteiger partial charge in [-0.25, -0.2) is 0 Å². The van der Waals surface area contributed by atoms with Crippen molar-refractivity contribution < 1.29 is 9.53 Å². The van der Waals surface area contributed by atoms with Crippen molar-refractivity contribution in [2.75, 3.05) is 19.1 Å². The average molecular weight is 249 g/mol. The number of hydrogen-bond donors (Lipinski definition) is 0. The smallest absolute Gasteiger partial charge is 0.165 e. The molecule has 0 aliphatic carbocycles. The number of carbonyl (C=O) groups is 1. The SMILES string of the molecule is CCC(CC)N(C)c1cccc(OC)c1C(C)=O. The fourth-order valence-electron chi connectivity index (χ4n) is 2.37. The molecule has 1 rings (SSSR count). The number of carbonyl (C=O) groups excluding carboxylic acids is 1. The van der Waals surface area contributed by atoms with Crippen LogP contribution in [0.2, 0.25) is 0 Å². The van der Waals surface area contributed by atoms with E-state index in [-0.39, 0.29) is 5.78 Å². The first-order valence-corrected chi connectivity index (χ1v) is 6.47. The molecule has 0 saturated carbocycles. The van der Waals surface area contributed by atoms with Crippen LogP contribution >= 0.6 is 0 Å². The van der Waals surface area contributed by atoms with E-state index in [2.05, 4.69) is 18.7 Å². The highest BCUT2D eigenvalue weighted by molar-refractivity contribution is 6.02. The van der Waals surface area contributed by atoms with Gasteiger partial charge in [0.15, 0.2) is 5.78 Å². The van der Waals surface area contributed by atoms with E-state index in [9.17, 15) is 4.79 Å². The van der Waals surface area contributed by atoms with Crippen LogP contribution in [0.1, 0.15) is 44.0 Å². The maximum absolute atomic E-state index is 11.8. The summed E-state index contributed by atoms with van der Waals surface area (Å²) in [6.45, 7) is 5.92. The second-order valence-corrected chi connectivity index (χ2v) is 4.49. The zero-order valence-corrected chi connectivity index (χ0v) is 12.0. The molecular formula is C15H23NO2. The summed E-state index contributed by atoms with van der Waals surface area (Å²) in [6.07, 6.45) is 2.11. The number of nitrogens with zero attached hydrogens (tertiary/aromatic N) is 1. The van der Waals surface area contributed by atoms with Crippen molar-refractivity contribution in [1.29, 1.82) is 0 Å². The Hall–Kier alpha value is -1.51. The van der Waals surface area contributed by atoms with E-state index in [0.717, 1.165) is 18.5 Å². The van der Waals surface area contributed by atoms with Gasteiger partial charge in [-0.3, -0.25) is 4.79 Å². The van der Waals surface area contributed by atoms with Crippen LogP contribution in [0, 0.1) is 0 Å². The standard InChI is InChI=1S/C15H23NO2/c1-6-12(7-2)16(4)13-9-8-10-14(18-5)15(13)11(3)17/h8-10,12H,6-7H2,1-5H3. The van der Waals surface area contributed by atoms with Gasteiger partial charge in [-0.2, -0.15) is 0 Å². The first kappa shape index (κ1) is 14.6. The lowest BCUT2D eigenvalue weighted by atomic mass is 10.0. The molecule has 0 unspecified atom stereocenters. The van der Waals surface area contributed by atoms with E-state index < -0.39 is 0 Å². The Morgan fingerprint density at radius 1 is 1.33 bits per heavy atom. The molecule has 1 aromatic rings. The molecule has 3 heteroatoms. The summed E-state index contributed by atoms with van der Waals surface area (Å²) in [6, 6.07) is 6.19. The van der Waals surface area contributed by atoms with E-state index in [1.807, 2.05) is 25.2 Å². The highest BCUT2D eigenvalue weighted by Crippen LogP contribution is 2.31. The van der Waals surface area contributed by atoms with E-state index in [1.165, 1.54) is 0 Å². The van der Waals surface area contributed by atoms with Gasteiger partial charge in [0.05, 0.1) is 18.4 Å². The van der Waals surface area contributed by atoms with E-state index in [0.29, 0.717) is 17.4 Å². The lowest BCUT2D eigenvalue weighted by Crippen LogP contribution is -2.31. The molecule has 0 aliphatic heterocycles. The Morgan fingerprint density at radius 3 is 2.39 bits per heavy atom. The number of rotatable bonds is 6. The number of ether oxygens (including phenoxy) is 1. The molecule has 0 atom stereocenters. The molecule has 0 amide bonds. The zero-order valence-electron chi connectivity index (χ0n) is 12.0. The topological polar surface area (TPSA) is 29.5 Å². The largest absolute Gasteiger partial charge is 0.496 e. The molecule has 0 aromatic heterocycles. The van der Waals surface area contributed by atoms with Gasteiger partial charge in [0.25, 0.3) is 0 Å². The molecule has 0 aliphatic rings. The zero-order chi connectivity index (χ0) is 13.7. The van der Waals surface area contributed by atoms with Crippen LogP contribution in [0.4, 0.5) is 5.69 Å². The molecule has 0 bridgehead atoms. The summed E-state index contributed by atoms with van der Waals surface area (Å²) in [5.41, 5.74) is 1.63. The first-order chi connectivity index (χ1) is 8.56. The Morgan fingerprint density at radius 2 is 1.94 bits per heavy atom. The normalized spacial score (nSPS) is 10.6. The summed E-state index contributed by atoms with van der Waals surface area (Å²) in [7, 11) is 3.64. The molecule has 0 heterocycles. The quantitative estimate of drug-likeness (QED) is 0.722. The third-order valence-electron chi connectivity index (χ3n) is 3.45. The van der Waals surface area contributed by atoms with Crippen LogP contribution < -0.4 is 9.64 Å². The van der Waals surface area contributed by atoms with E-state index >= 15 is 0 Å². The average Bonchev–Trinajstić information content (AvgIpc) is 2.38. The lowest BCUT2D eigenvalue weighted by Gasteiger charge is -2.30. The Balaban J connectivity index is 3.26. The van der Waals surface area contributed by atoms with Crippen LogP contribution in [-0.4, -0.2) is 26.0 Å². The molecule has 0 N–H and O–H groups in total. The van der Waals surface area contributed by atoms with Crippen LogP contribution in [0.15, 0.2) is 18.2 Å². The molecule has 1 aromatic carbocycles. The third kappa shape index (κ3) is 2.84. The van der Waals surface area contributed by atoms with Crippen molar-refractivity contribution in [3.8, 4) is 5.75 Å². The van der Waals surface area contributed by atoms with Crippen LogP contribution in [0.3, 0.4) is 0 Å². The van der Waals surface area contributed by atoms with Crippen molar-refractivity contribution in [1.82, 2.24) is 0 Å². The number of methoxy groups -OCH3 is 1. The van der Waals surface area contributed by atoms with Crippen molar-refractivity contribution in [2.24, 2.45) is 0 Å². The molecule has 0 fully saturated rings. The van der Waals surface area contributed by atoms with Crippen molar-refractivity contribution in [3.63, 3.8) is 0 Å². The maximum atomic E-state index is 11.8. The summed E-state index contributed by atoms with van der Waals surface area (Å²) >= 11 is 0. The van der Waals surface area contributed by atoms with Gasteiger partial charge in [0, 0.05) is 13.1 Å². The molecule has 3 nitrogen and oxygen atoms in total. The Bertz CT molecular complexity index is 411. The summed E-state index contributed by atoms with van der Waals surface area (Å²) in [5.74, 6) is 0.693. The predicted molar refractivity (Wildman–Crippen MR) is 75.8 cm³/mol. The van der Waals surface area contributed by atoms with Gasteiger partial charge in [0.1, 0.15) is 5.75 Å². The molecule has 0 radical (unpaired) electrons. The first-order valence-electron chi connectivity index (χ1n) is 6.47. The Labute approximate surface area is 110 Å². The van der Waals surface area contributed by atoms with Crippen LogP contribution in [-0.2, 0) is 0 Å². The summed E-state index contributed by atoms with van der Waals surface area (Å²) in [4.78, 5) is 14.0. The highest BCUT2D eigenvalue weighted by atomic mass is 16.5. The van der Waals surface area contributed by atoms with Crippen molar-refractivity contribution >= 4 is 11.5 Å². The van der Waals surface area contributed by atoms with Gasteiger partial charge in [-0.1, -0.05) is 19.9 Å². The van der Waals surface area contributed by atoms with Crippen molar-refractivity contribution in [3.05, 3.63) is 23.8 Å². The van der Waals surface area contributed by atoms with Crippen LogP contribution in [0.5, 0.6) is 5.75 Å². The minimum atomic E-state index is 0.0419. The predicted octanol–water partition coefficient (Wildman–Crippen LogP) is 3.52. The molecule has 0 saturated heterocycles. The van der Waals surface area contributed by atoms with E-state index in [1.54, 1.807) is 14.0 Å². The van der Waals surface area contributed by atoms with Gasteiger partial charge in [0.2, 0.25) is 0 Å². The summed E-state index contributed by atoms with van der Waals surface area (Å²) < 4.78 is 5.30. The van der Waals surface area contributed by atoms with Gasteiger partial charge >= 0.3 is 0 Å². The lowest BCUT2D eigenvalue weighted by molar-refractivity contribution is 0.101. The number of ketones is 1. The van der Waals surface area contributed by atoms with Gasteiger partial charge in [-0.05, 0) is 31.9 Å².